The van der Waals surface area contributed by atoms with Crippen LogP contribution in [0.4, 0.5) is 0 Å². The monoisotopic (exact) mass is 287 g/mol. The highest BCUT2D eigenvalue weighted by Crippen LogP contribution is 2.30. The fourth-order valence-corrected chi connectivity index (χ4v) is 3.33. The van der Waals surface area contributed by atoms with E-state index in [4.69, 9.17) is 5.73 Å². The van der Waals surface area contributed by atoms with Gasteiger partial charge in [-0.05, 0) is 26.8 Å². The summed E-state index contributed by atoms with van der Waals surface area (Å²) in [5.41, 5.74) is 6.71. The Labute approximate surface area is 128 Å². The summed E-state index contributed by atoms with van der Waals surface area (Å²) < 4.78 is 0. The first-order chi connectivity index (χ1) is 10.7. The van der Waals surface area contributed by atoms with Crippen molar-refractivity contribution >= 4 is 22.4 Å². The first-order valence-electron chi connectivity index (χ1n) is 7.46. The molecule has 0 heterocycles. The minimum absolute atomic E-state index is 0.419. The summed E-state index contributed by atoms with van der Waals surface area (Å²) in [5.74, 6) is 0. The van der Waals surface area contributed by atoms with E-state index in [0.29, 0.717) is 6.42 Å². The van der Waals surface area contributed by atoms with Crippen molar-refractivity contribution in [1.29, 1.82) is 0 Å². The van der Waals surface area contributed by atoms with Crippen LogP contribution in [0, 0.1) is 0 Å². The average molecular weight is 287 g/mol. The van der Waals surface area contributed by atoms with E-state index in [1.165, 1.54) is 0 Å². The van der Waals surface area contributed by atoms with Crippen molar-refractivity contribution in [1.82, 2.24) is 0 Å². The van der Waals surface area contributed by atoms with Crippen LogP contribution in [-0.2, 0) is 0 Å². The third-order valence-electron chi connectivity index (χ3n) is 4.36. The Kier molecular flexibility index (Phi) is 2.89. The summed E-state index contributed by atoms with van der Waals surface area (Å²) in [5, 5.41) is 15.2. The third kappa shape index (κ3) is 1.97. The van der Waals surface area contributed by atoms with Gasteiger partial charge in [0.15, 0.2) is 0 Å². The van der Waals surface area contributed by atoms with E-state index in [0.717, 1.165) is 32.3 Å². The number of hydrogen-bond acceptors (Lipinski definition) is 2. The molecule has 0 fully saturated rings. The first-order valence-corrected chi connectivity index (χ1v) is 7.46. The molecule has 1 atom stereocenters. The van der Waals surface area contributed by atoms with Crippen molar-refractivity contribution in [3.8, 4) is 0 Å². The zero-order valence-electron chi connectivity index (χ0n) is 12.2. The molecule has 22 heavy (non-hydrogen) atoms. The highest BCUT2D eigenvalue weighted by Gasteiger charge is 2.30. The van der Waals surface area contributed by atoms with Gasteiger partial charge in [0.1, 0.15) is 5.72 Å². The lowest BCUT2D eigenvalue weighted by atomic mass is 9.85. The van der Waals surface area contributed by atoms with Crippen LogP contribution in [0.15, 0.2) is 66.7 Å². The number of hydrogen-bond donors (Lipinski definition) is 2. The predicted molar refractivity (Wildman–Crippen MR) is 90.4 cm³/mol. The molecule has 0 spiro atoms. The molecule has 108 valence electrons. The smallest absolute Gasteiger partial charge is 0.144 e. The molecular formula is C20H17NO. The molecule has 1 aliphatic rings. The predicted octanol–water partition coefficient (Wildman–Crippen LogP) is 1.87. The summed E-state index contributed by atoms with van der Waals surface area (Å²) in [6, 6.07) is 22.4. The lowest BCUT2D eigenvalue weighted by molar-refractivity contribution is 0.115. The van der Waals surface area contributed by atoms with Gasteiger partial charge in [0.25, 0.3) is 0 Å². The Morgan fingerprint density at radius 1 is 0.864 bits per heavy atom. The van der Waals surface area contributed by atoms with Crippen molar-refractivity contribution in [2.45, 2.75) is 12.1 Å². The molecule has 0 radical (unpaired) electrons. The van der Waals surface area contributed by atoms with Crippen molar-refractivity contribution in [3.05, 3.63) is 82.7 Å². The second-order valence-corrected chi connectivity index (χ2v) is 5.82. The zero-order valence-corrected chi connectivity index (χ0v) is 12.2. The maximum absolute atomic E-state index is 10.8. The summed E-state index contributed by atoms with van der Waals surface area (Å²) >= 11 is 0. The molecule has 2 nitrogen and oxygen atoms in total. The molecule has 1 unspecified atom stereocenters. The van der Waals surface area contributed by atoms with Crippen molar-refractivity contribution in [3.63, 3.8) is 0 Å². The van der Waals surface area contributed by atoms with E-state index in [1.54, 1.807) is 0 Å². The first kappa shape index (κ1) is 13.3. The van der Waals surface area contributed by atoms with Gasteiger partial charge in [-0.2, -0.15) is 0 Å². The maximum Gasteiger partial charge on any atom is 0.144 e. The van der Waals surface area contributed by atoms with Crippen LogP contribution in [0.25, 0.3) is 22.4 Å². The highest BCUT2D eigenvalue weighted by molar-refractivity contribution is 5.95. The summed E-state index contributed by atoms with van der Waals surface area (Å²) in [4.78, 5) is 0. The van der Waals surface area contributed by atoms with Gasteiger partial charge in [-0.3, -0.25) is 5.73 Å². The fourth-order valence-electron chi connectivity index (χ4n) is 3.33. The van der Waals surface area contributed by atoms with Gasteiger partial charge in [-0.15, -0.1) is 0 Å². The van der Waals surface area contributed by atoms with E-state index in [-0.39, 0.29) is 0 Å². The number of nitrogens with two attached hydrogens (primary N) is 1. The molecule has 0 aromatic heterocycles. The lowest BCUT2D eigenvalue weighted by Crippen LogP contribution is -2.49. The second kappa shape index (κ2) is 4.80. The van der Waals surface area contributed by atoms with Crippen molar-refractivity contribution < 1.29 is 5.11 Å². The third-order valence-corrected chi connectivity index (χ3v) is 4.36. The SMILES string of the molecule is NC1(O)CC=c2ccccc2=C1c1cccc2ccccc12. The van der Waals surface area contributed by atoms with Crippen LogP contribution >= 0.6 is 0 Å². The Bertz CT molecular complexity index is 981. The molecule has 0 saturated heterocycles. The molecule has 3 aromatic carbocycles. The van der Waals surface area contributed by atoms with E-state index < -0.39 is 5.72 Å². The van der Waals surface area contributed by atoms with E-state index in [9.17, 15) is 5.11 Å². The zero-order chi connectivity index (χ0) is 15.2. The van der Waals surface area contributed by atoms with Gasteiger partial charge in [0.05, 0.1) is 0 Å². The minimum Gasteiger partial charge on any atom is -0.371 e. The lowest BCUT2D eigenvalue weighted by Gasteiger charge is -2.29. The second-order valence-electron chi connectivity index (χ2n) is 5.82. The Morgan fingerprint density at radius 3 is 2.50 bits per heavy atom. The molecule has 0 bridgehead atoms. The van der Waals surface area contributed by atoms with Crippen LogP contribution in [0.2, 0.25) is 0 Å². The standard InChI is InChI=1S/C20H17NO/c21-20(22)13-12-15-7-2-4-10-17(15)19(20)18-11-5-8-14-6-1-3-9-16(14)18/h1-12,22H,13,21H2. The fraction of sp³-hybridized carbons (Fsp3) is 0.100. The molecular weight excluding hydrogens is 270 g/mol. The number of benzene rings is 3. The minimum atomic E-state index is -1.35. The van der Waals surface area contributed by atoms with Gasteiger partial charge in [0.2, 0.25) is 0 Å². The molecule has 0 saturated carbocycles. The normalized spacial score (nSPS) is 20.5. The van der Waals surface area contributed by atoms with E-state index >= 15 is 0 Å². The van der Waals surface area contributed by atoms with Crippen LogP contribution in [-0.4, -0.2) is 10.8 Å². The van der Waals surface area contributed by atoms with Crippen molar-refractivity contribution in [2.75, 3.05) is 0 Å². The summed E-state index contributed by atoms with van der Waals surface area (Å²) in [6.07, 6.45) is 2.42. The largest absolute Gasteiger partial charge is 0.371 e. The van der Waals surface area contributed by atoms with Gasteiger partial charge < -0.3 is 5.11 Å². The Hall–Kier alpha value is -2.42. The van der Waals surface area contributed by atoms with Gasteiger partial charge in [0, 0.05) is 12.0 Å². The summed E-state index contributed by atoms with van der Waals surface area (Å²) in [7, 11) is 0. The van der Waals surface area contributed by atoms with Crippen LogP contribution in [0.3, 0.4) is 0 Å². The topological polar surface area (TPSA) is 46.2 Å². The van der Waals surface area contributed by atoms with Crippen molar-refractivity contribution in [2.24, 2.45) is 5.73 Å². The molecule has 1 aliphatic carbocycles. The van der Waals surface area contributed by atoms with E-state index in [2.05, 4.69) is 24.3 Å². The Balaban J connectivity index is 2.19. The average Bonchev–Trinajstić information content (AvgIpc) is 2.54. The Morgan fingerprint density at radius 2 is 1.59 bits per heavy atom. The maximum atomic E-state index is 10.8. The highest BCUT2D eigenvalue weighted by atomic mass is 16.3. The van der Waals surface area contributed by atoms with Crippen LogP contribution in [0.5, 0.6) is 0 Å². The van der Waals surface area contributed by atoms with Gasteiger partial charge in [-0.25, -0.2) is 0 Å². The quantitative estimate of drug-likeness (QED) is 0.671. The number of fused-ring (bicyclic) bond motifs is 2. The molecule has 3 aromatic rings. The summed E-state index contributed by atoms with van der Waals surface area (Å²) in [6.45, 7) is 0. The molecule has 0 aliphatic heterocycles. The van der Waals surface area contributed by atoms with Crippen LogP contribution < -0.4 is 16.2 Å². The van der Waals surface area contributed by atoms with E-state index in [1.807, 2.05) is 48.5 Å². The number of rotatable bonds is 1. The number of aliphatic hydroxyl groups is 1. The van der Waals surface area contributed by atoms with Gasteiger partial charge in [-0.1, -0.05) is 72.8 Å². The molecule has 4 rings (SSSR count). The molecule has 2 heteroatoms. The van der Waals surface area contributed by atoms with Crippen LogP contribution in [0.1, 0.15) is 12.0 Å². The van der Waals surface area contributed by atoms with Gasteiger partial charge >= 0.3 is 0 Å². The molecule has 3 N–H and O–H groups in total. The molecule has 0 amide bonds.